The van der Waals surface area contributed by atoms with Gasteiger partial charge in [-0.15, -0.1) is 0 Å². The normalized spacial score (nSPS) is 11.2. The Morgan fingerprint density at radius 3 is 2.27 bits per heavy atom. The summed E-state index contributed by atoms with van der Waals surface area (Å²) in [5, 5.41) is 9.40. The Labute approximate surface area is 148 Å². The third-order valence-electron chi connectivity index (χ3n) is 4.00. The zero-order chi connectivity index (χ0) is 18.9. The number of nitrogens with zero attached hydrogens (tertiary/aromatic N) is 2. The first kappa shape index (κ1) is 17.5. The lowest BCUT2D eigenvalue weighted by Gasteiger charge is -2.12. The molecule has 0 unspecified atom stereocenters. The molecule has 6 heteroatoms. The molecule has 0 aliphatic rings. The number of pyridine rings is 1. The van der Waals surface area contributed by atoms with Crippen molar-refractivity contribution in [2.75, 3.05) is 5.73 Å². The molecule has 0 bridgehead atoms. The molecule has 0 saturated carbocycles. The standard InChI is InChI=1S/C20H14F3N3/c1-12-3-2-4-14(9-12)18-10-16(17(11-24)19(25)26-18)13-5-7-15(8-6-13)20(21,22)23/h2-10H,1H3,(H2,25,26). The first-order chi connectivity index (χ1) is 12.3. The number of nitrogen functional groups attached to an aromatic ring is 1. The second-order valence-electron chi connectivity index (χ2n) is 5.87. The van der Waals surface area contributed by atoms with Crippen molar-refractivity contribution in [3.05, 3.63) is 71.3 Å². The summed E-state index contributed by atoms with van der Waals surface area (Å²) in [5.41, 5.74) is 8.64. The van der Waals surface area contributed by atoms with E-state index in [1.54, 1.807) is 6.07 Å². The maximum absolute atomic E-state index is 12.8. The fourth-order valence-corrected chi connectivity index (χ4v) is 2.70. The van der Waals surface area contributed by atoms with E-state index in [2.05, 4.69) is 4.98 Å². The minimum Gasteiger partial charge on any atom is -0.383 e. The van der Waals surface area contributed by atoms with Crippen LogP contribution in [0.5, 0.6) is 0 Å². The highest BCUT2D eigenvalue weighted by Crippen LogP contribution is 2.34. The van der Waals surface area contributed by atoms with Crippen molar-refractivity contribution >= 4 is 5.82 Å². The smallest absolute Gasteiger partial charge is 0.383 e. The van der Waals surface area contributed by atoms with E-state index in [0.717, 1.165) is 23.3 Å². The van der Waals surface area contributed by atoms with Gasteiger partial charge < -0.3 is 5.73 Å². The van der Waals surface area contributed by atoms with Gasteiger partial charge in [-0.1, -0.05) is 35.9 Å². The summed E-state index contributed by atoms with van der Waals surface area (Å²) in [7, 11) is 0. The number of nitriles is 1. The number of aromatic nitrogens is 1. The van der Waals surface area contributed by atoms with Gasteiger partial charge in [-0.25, -0.2) is 4.98 Å². The number of nitrogens with two attached hydrogens (primary N) is 1. The van der Waals surface area contributed by atoms with E-state index >= 15 is 0 Å². The predicted molar refractivity (Wildman–Crippen MR) is 94.0 cm³/mol. The lowest BCUT2D eigenvalue weighted by molar-refractivity contribution is -0.137. The van der Waals surface area contributed by atoms with Crippen LogP contribution in [-0.2, 0) is 6.18 Å². The van der Waals surface area contributed by atoms with Crippen LogP contribution >= 0.6 is 0 Å². The van der Waals surface area contributed by atoms with Crippen LogP contribution < -0.4 is 5.73 Å². The molecule has 0 fully saturated rings. The summed E-state index contributed by atoms with van der Waals surface area (Å²) in [6.45, 7) is 1.94. The van der Waals surface area contributed by atoms with Crippen LogP contribution in [-0.4, -0.2) is 4.98 Å². The number of alkyl halides is 3. The topological polar surface area (TPSA) is 62.7 Å². The molecular formula is C20H14F3N3. The Balaban J connectivity index is 2.16. The maximum atomic E-state index is 12.8. The summed E-state index contributed by atoms with van der Waals surface area (Å²) in [5.74, 6) is 0.0430. The van der Waals surface area contributed by atoms with Crippen molar-refractivity contribution in [1.82, 2.24) is 4.98 Å². The highest BCUT2D eigenvalue weighted by Gasteiger charge is 2.30. The van der Waals surface area contributed by atoms with E-state index in [0.29, 0.717) is 16.8 Å². The third-order valence-corrected chi connectivity index (χ3v) is 4.00. The van der Waals surface area contributed by atoms with Crippen LogP contribution in [0.2, 0.25) is 0 Å². The van der Waals surface area contributed by atoms with Crippen LogP contribution in [0.15, 0.2) is 54.6 Å². The molecule has 3 nitrogen and oxygen atoms in total. The third kappa shape index (κ3) is 3.38. The molecule has 1 aromatic heterocycles. The van der Waals surface area contributed by atoms with Crippen molar-refractivity contribution in [2.24, 2.45) is 0 Å². The van der Waals surface area contributed by atoms with Crippen LogP contribution in [0.1, 0.15) is 16.7 Å². The zero-order valence-corrected chi connectivity index (χ0v) is 13.8. The molecule has 0 amide bonds. The molecule has 3 rings (SSSR count). The molecular weight excluding hydrogens is 339 g/mol. The number of halogens is 3. The van der Waals surface area contributed by atoms with Gasteiger partial charge in [-0.3, -0.25) is 0 Å². The second-order valence-corrected chi connectivity index (χ2v) is 5.87. The monoisotopic (exact) mass is 353 g/mol. The SMILES string of the molecule is Cc1cccc(-c2cc(-c3ccc(C(F)(F)F)cc3)c(C#N)c(N)n2)c1. The molecule has 0 atom stereocenters. The lowest BCUT2D eigenvalue weighted by Crippen LogP contribution is -2.04. The van der Waals surface area contributed by atoms with Crippen LogP contribution in [0.3, 0.4) is 0 Å². The van der Waals surface area contributed by atoms with E-state index in [9.17, 15) is 18.4 Å². The first-order valence-corrected chi connectivity index (χ1v) is 7.75. The Kier molecular flexibility index (Phi) is 4.39. The van der Waals surface area contributed by atoms with Gasteiger partial charge in [-0.05, 0) is 36.8 Å². The number of hydrogen-bond donors (Lipinski definition) is 1. The Hall–Kier alpha value is -3.33. The Morgan fingerprint density at radius 1 is 1.00 bits per heavy atom. The Bertz CT molecular complexity index is 1000. The van der Waals surface area contributed by atoms with Gasteiger partial charge in [0.15, 0.2) is 0 Å². The summed E-state index contributed by atoms with van der Waals surface area (Å²) in [4.78, 5) is 4.27. The van der Waals surface area contributed by atoms with Crippen LogP contribution in [0.4, 0.5) is 19.0 Å². The molecule has 130 valence electrons. The van der Waals surface area contributed by atoms with Crippen molar-refractivity contribution in [3.8, 4) is 28.5 Å². The molecule has 0 spiro atoms. The number of aryl methyl sites for hydroxylation is 1. The molecule has 3 aromatic rings. The summed E-state index contributed by atoms with van der Waals surface area (Å²) in [6.07, 6.45) is -4.42. The predicted octanol–water partition coefficient (Wildman–Crippen LogP) is 5.20. The minimum atomic E-state index is -4.42. The fourth-order valence-electron chi connectivity index (χ4n) is 2.70. The van der Waals surface area contributed by atoms with Crippen molar-refractivity contribution in [2.45, 2.75) is 13.1 Å². The number of rotatable bonds is 2. The maximum Gasteiger partial charge on any atom is 0.416 e. The van der Waals surface area contributed by atoms with Gasteiger partial charge in [0.25, 0.3) is 0 Å². The molecule has 0 aliphatic carbocycles. The summed E-state index contributed by atoms with van der Waals surface area (Å²) < 4.78 is 38.3. The molecule has 0 saturated heterocycles. The molecule has 2 aromatic carbocycles. The van der Waals surface area contributed by atoms with Crippen molar-refractivity contribution in [3.63, 3.8) is 0 Å². The lowest BCUT2D eigenvalue weighted by atomic mass is 9.97. The highest BCUT2D eigenvalue weighted by atomic mass is 19.4. The zero-order valence-electron chi connectivity index (χ0n) is 13.8. The van der Waals surface area contributed by atoms with Gasteiger partial charge in [-0.2, -0.15) is 18.4 Å². The quantitative estimate of drug-likeness (QED) is 0.689. The highest BCUT2D eigenvalue weighted by molar-refractivity contribution is 5.80. The molecule has 0 radical (unpaired) electrons. The van der Waals surface area contributed by atoms with E-state index in [-0.39, 0.29) is 11.4 Å². The van der Waals surface area contributed by atoms with Gasteiger partial charge in [0.05, 0.1) is 11.3 Å². The second kappa shape index (κ2) is 6.52. The van der Waals surface area contributed by atoms with Gasteiger partial charge in [0.2, 0.25) is 0 Å². The first-order valence-electron chi connectivity index (χ1n) is 7.75. The molecule has 1 heterocycles. The number of hydrogen-bond acceptors (Lipinski definition) is 3. The van der Waals surface area contributed by atoms with E-state index in [1.807, 2.05) is 37.3 Å². The van der Waals surface area contributed by atoms with E-state index < -0.39 is 11.7 Å². The van der Waals surface area contributed by atoms with E-state index in [1.165, 1.54) is 12.1 Å². The average Bonchev–Trinajstić information content (AvgIpc) is 2.60. The fraction of sp³-hybridized carbons (Fsp3) is 0.100. The molecule has 26 heavy (non-hydrogen) atoms. The van der Waals surface area contributed by atoms with E-state index in [4.69, 9.17) is 5.73 Å². The largest absolute Gasteiger partial charge is 0.416 e. The molecule has 2 N–H and O–H groups in total. The number of anilines is 1. The summed E-state index contributed by atoms with van der Waals surface area (Å²) in [6, 6.07) is 15.9. The summed E-state index contributed by atoms with van der Waals surface area (Å²) >= 11 is 0. The van der Waals surface area contributed by atoms with Gasteiger partial charge in [0, 0.05) is 11.1 Å². The van der Waals surface area contributed by atoms with Crippen molar-refractivity contribution < 1.29 is 13.2 Å². The van der Waals surface area contributed by atoms with Crippen LogP contribution in [0, 0.1) is 18.3 Å². The average molecular weight is 353 g/mol. The number of benzene rings is 2. The van der Waals surface area contributed by atoms with Gasteiger partial charge in [0.1, 0.15) is 17.5 Å². The molecule has 0 aliphatic heterocycles. The van der Waals surface area contributed by atoms with Crippen molar-refractivity contribution in [1.29, 1.82) is 5.26 Å². The minimum absolute atomic E-state index is 0.0430. The van der Waals surface area contributed by atoms with Crippen LogP contribution in [0.25, 0.3) is 22.4 Å². The van der Waals surface area contributed by atoms with Gasteiger partial charge >= 0.3 is 6.18 Å². The Morgan fingerprint density at radius 2 is 1.69 bits per heavy atom.